The van der Waals surface area contributed by atoms with E-state index in [4.69, 9.17) is 10.6 Å². The van der Waals surface area contributed by atoms with E-state index < -0.39 is 5.60 Å². The lowest BCUT2D eigenvalue weighted by Crippen LogP contribution is -2.50. The van der Waals surface area contributed by atoms with Gasteiger partial charge in [-0.3, -0.25) is 10.2 Å². The van der Waals surface area contributed by atoms with Gasteiger partial charge >= 0.3 is 0 Å². The minimum absolute atomic E-state index is 0.225. The predicted molar refractivity (Wildman–Crippen MR) is 40.5 cm³/mol. The number of hydrogen-bond acceptors (Lipinski definition) is 3. The van der Waals surface area contributed by atoms with Crippen LogP contribution in [-0.2, 0) is 9.53 Å². The zero-order valence-corrected chi connectivity index (χ0v) is 6.72. The van der Waals surface area contributed by atoms with Crippen LogP contribution in [0.5, 0.6) is 0 Å². The highest BCUT2D eigenvalue weighted by atomic mass is 16.5. The van der Waals surface area contributed by atoms with Gasteiger partial charge in [-0.1, -0.05) is 0 Å². The number of hydrazine groups is 1. The Morgan fingerprint density at radius 1 is 1.64 bits per heavy atom. The van der Waals surface area contributed by atoms with E-state index in [2.05, 4.69) is 5.43 Å². The molecule has 0 bridgehead atoms. The third kappa shape index (κ3) is 1.70. The average molecular weight is 158 g/mol. The highest BCUT2D eigenvalue weighted by Crippen LogP contribution is 2.23. The fraction of sp³-hybridized carbons (Fsp3) is 0.857. The molecule has 1 aliphatic heterocycles. The number of ether oxygens (including phenoxy) is 1. The van der Waals surface area contributed by atoms with Gasteiger partial charge in [0, 0.05) is 6.61 Å². The van der Waals surface area contributed by atoms with Crippen molar-refractivity contribution in [2.75, 3.05) is 6.61 Å². The third-order valence-electron chi connectivity index (χ3n) is 2.08. The van der Waals surface area contributed by atoms with Crippen molar-refractivity contribution in [2.24, 2.45) is 5.84 Å². The molecule has 1 fully saturated rings. The molecule has 0 saturated carbocycles. The van der Waals surface area contributed by atoms with Crippen LogP contribution in [0.4, 0.5) is 0 Å². The van der Waals surface area contributed by atoms with Gasteiger partial charge in [-0.05, 0) is 26.2 Å². The summed E-state index contributed by atoms with van der Waals surface area (Å²) in [5, 5.41) is 0. The van der Waals surface area contributed by atoms with E-state index in [0.717, 1.165) is 19.3 Å². The summed E-state index contributed by atoms with van der Waals surface area (Å²) >= 11 is 0. The Labute approximate surface area is 66.1 Å². The highest BCUT2D eigenvalue weighted by molar-refractivity contribution is 5.84. The molecule has 0 radical (unpaired) electrons. The summed E-state index contributed by atoms with van der Waals surface area (Å²) in [7, 11) is 0. The maximum atomic E-state index is 11.1. The Morgan fingerprint density at radius 2 is 2.36 bits per heavy atom. The molecule has 1 unspecified atom stereocenters. The minimum atomic E-state index is -0.687. The van der Waals surface area contributed by atoms with Crippen LogP contribution in [0.15, 0.2) is 0 Å². The van der Waals surface area contributed by atoms with Crippen LogP contribution in [0.25, 0.3) is 0 Å². The molecule has 0 aromatic heterocycles. The van der Waals surface area contributed by atoms with Crippen LogP contribution >= 0.6 is 0 Å². The summed E-state index contributed by atoms with van der Waals surface area (Å²) in [6.07, 6.45) is 2.83. The van der Waals surface area contributed by atoms with Crippen LogP contribution in [0.3, 0.4) is 0 Å². The lowest BCUT2D eigenvalue weighted by Gasteiger charge is -2.31. The molecule has 3 N–H and O–H groups in total. The second kappa shape index (κ2) is 3.19. The molecular formula is C7H14N2O2. The van der Waals surface area contributed by atoms with Gasteiger partial charge in [0.05, 0.1) is 0 Å². The Hall–Kier alpha value is -0.610. The zero-order chi connectivity index (χ0) is 8.32. The van der Waals surface area contributed by atoms with Crippen LogP contribution in [0, 0.1) is 0 Å². The predicted octanol–water partition coefficient (Wildman–Crippen LogP) is -0.0645. The Morgan fingerprint density at radius 3 is 2.82 bits per heavy atom. The van der Waals surface area contributed by atoms with Crippen molar-refractivity contribution in [1.29, 1.82) is 0 Å². The van der Waals surface area contributed by atoms with Crippen LogP contribution in [0.2, 0.25) is 0 Å². The first kappa shape index (κ1) is 8.49. The topological polar surface area (TPSA) is 64.4 Å². The first-order chi connectivity index (χ1) is 5.19. The molecule has 1 atom stereocenters. The van der Waals surface area contributed by atoms with Gasteiger partial charge in [0.25, 0.3) is 5.91 Å². The normalized spacial score (nSPS) is 31.5. The molecule has 0 aromatic carbocycles. The molecule has 4 heteroatoms. The number of carbonyl (C=O) groups is 1. The standard InChI is InChI=1S/C7H14N2O2/c1-7(6(10)9-8)4-2-3-5-11-7/h2-5,8H2,1H3,(H,9,10). The number of nitrogens with two attached hydrogens (primary N) is 1. The molecule has 1 amide bonds. The lowest BCUT2D eigenvalue weighted by atomic mass is 9.95. The van der Waals surface area contributed by atoms with Crippen molar-refractivity contribution in [3.05, 3.63) is 0 Å². The van der Waals surface area contributed by atoms with E-state index in [1.807, 2.05) is 0 Å². The van der Waals surface area contributed by atoms with Gasteiger partial charge < -0.3 is 4.74 Å². The van der Waals surface area contributed by atoms with Gasteiger partial charge in [-0.15, -0.1) is 0 Å². The summed E-state index contributed by atoms with van der Waals surface area (Å²) in [5.41, 5.74) is 1.42. The van der Waals surface area contributed by atoms with E-state index >= 15 is 0 Å². The molecular weight excluding hydrogens is 144 g/mol. The van der Waals surface area contributed by atoms with E-state index in [9.17, 15) is 4.79 Å². The van der Waals surface area contributed by atoms with E-state index in [1.54, 1.807) is 6.92 Å². The summed E-state index contributed by atoms with van der Waals surface area (Å²) in [4.78, 5) is 11.1. The number of carbonyl (C=O) groups excluding carboxylic acids is 1. The van der Waals surface area contributed by atoms with Crippen molar-refractivity contribution in [3.63, 3.8) is 0 Å². The van der Waals surface area contributed by atoms with Gasteiger partial charge in [0.1, 0.15) is 5.60 Å². The number of amides is 1. The van der Waals surface area contributed by atoms with Gasteiger partial charge in [0.15, 0.2) is 0 Å². The largest absolute Gasteiger partial charge is 0.365 e. The minimum Gasteiger partial charge on any atom is -0.365 e. The van der Waals surface area contributed by atoms with E-state index in [1.165, 1.54) is 0 Å². The summed E-state index contributed by atoms with van der Waals surface area (Å²) in [6, 6.07) is 0. The average Bonchev–Trinajstić information content (AvgIpc) is 2.04. The van der Waals surface area contributed by atoms with Gasteiger partial charge in [0.2, 0.25) is 0 Å². The Bertz CT molecular complexity index is 153. The third-order valence-corrected chi connectivity index (χ3v) is 2.08. The quantitative estimate of drug-likeness (QED) is 0.319. The van der Waals surface area contributed by atoms with Gasteiger partial charge in [-0.2, -0.15) is 0 Å². The summed E-state index contributed by atoms with van der Waals surface area (Å²) in [5.74, 6) is 4.78. The maximum Gasteiger partial charge on any atom is 0.265 e. The van der Waals surface area contributed by atoms with Crippen LogP contribution < -0.4 is 11.3 Å². The van der Waals surface area contributed by atoms with Gasteiger partial charge in [-0.25, -0.2) is 5.84 Å². The fourth-order valence-corrected chi connectivity index (χ4v) is 1.27. The molecule has 1 saturated heterocycles. The van der Waals surface area contributed by atoms with Crippen LogP contribution in [-0.4, -0.2) is 18.1 Å². The molecule has 64 valence electrons. The second-order valence-corrected chi connectivity index (χ2v) is 3.01. The number of nitrogens with one attached hydrogen (secondary N) is 1. The molecule has 1 rings (SSSR count). The Balaban J connectivity index is 2.56. The molecule has 1 heterocycles. The smallest absolute Gasteiger partial charge is 0.265 e. The molecule has 11 heavy (non-hydrogen) atoms. The SMILES string of the molecule is CC1(C(=O)NN)CCCCO1. The van der Waals surface area contributed by atoms with Crippen molar-refractivity contribution < 1.29 is 9.53 Å². The number of hydrogen-bond donors (Lipinski definition) is 2. The second-order valence-electron chi connectivity index (χ2n) is 3.01. The zero-order valence-electron chi connectivity index (χ0n) is 6.72. The first-order valence-corrected chi connectivity index (χ1v) is 3.84. The molecule has 0 aliphatic carbocycles. The first-order valence-electron chi connectivity index (χ1n) is 3.84. The summed E-state index contributed by atoms with van der Waals surface area (Å²) in [6.45, 7) is 2.43. The maximum absolute atomic E-state index is 11.1. The van der Waals surface area contributed by atoms with E-state index in [-0.39, 0.29) is 5.91 Å². The van der Waals surface area contributed by atoms with Crippen molar-refractivity contribution in [3.8, 4) is 0 Å². The molecule has 1 aliphatic rings. The monoisotopic (exact) mass is 158 g/mol. The van der Waals surface area contributed by atoms with Crippen LogP contribution in [0.1, 0.15) is 26.2 Å². The van der Waals surface area contributed by atoms with Crippen molar-refractivity contribution in [2.45, 2.75) is 31.8 Å². The fourth-order valence-electron chi connectivity index (χ4n) is 1.27. The molecule has 0 spiro atoms. The van der Waals surface area contributed by atoms with E-state index in [0.29, 0.717) is 6.61 Å². The molecule has 0 aromatic rings. The number of rotatable bonds is 1. The molecule has 4 nitrogen and oxygen atoms in total. The highest BCUT2D eigenvalue weighted by Gasteiger charge is 2.35. The lowest BCUT2D eigenvalue weighted by molar-refractivity contribution is -0.150. The van der Waals surface area contributed by atoms with Crippen molar-refractivity contribution >= 4 is 5.91 Å². The summed E-state index contributed by atoms with van der Waals surface area (Å²) < 4.78 is 5.33. The van der Waals surface area contributed by atoms with Crippen molar-refractivity contribution in [1.82, 2.24) is 5.43 Å². The Kier molecular flexibility index (Phi) is 2.46.